The average molecular weight is 263 g/mol. The second-order valence-electron chi connectivity index (χ2n) is 5.04. The quantitative estimate of drug-likeness (QED) is 0.817. The summed E-state index contributed by atoms with van der Waals surface area (Å²) in [7, 11) is 0. The van der Waals surface area contributed by atoms with Crippen LogP contribution < -0.4 is 5.32 Å². The second-order valence-corrected chi connectivity index (χ2v) is 5.04. The first-order chi connectivity index (χ1) is 9.25. The lowest BCUT2D eigenvalue weighted by atomic mass is 10.1. The summed E-state index contributed by atoms with van der Waals surface area (Å²) in [6, 6.07) is 9.77. The van der Waals surface area contributed by atoms with E-state index in [1.807, 2.05) is 30.3 Å². The number of aliphatic hydroxyl groups excluding tert-OH is 1. The van der Waals surface area contributed by atoms with Crippen LogP contribution in [0, 0.1) is 5.92 Å². The van der Waals surface area contributed by atoms with Gasteiger partial charge in [0.1, 0.15) is 6.61 Å². The van der Waals surface area contributed by atoms with Crippen LogP contribution in [0.15, 0.2) is 30.3 Å². The van der Waals surface area contributed by atoms with Gasteiger partial charge in [-0.1, -0.05) is 36.8 Å². The number of aliphatic hydroxyl groups is 1. The summed E-state index contributed by atoms with van der Waals surface area (Å²) in [6.07, 6.45) is 2.63. The van der Waals surface area contributed by atoms with Gasteiger partial charge in [-0.2, -0.15) is 0 Å². The Bertz CT molecular complexity index is 394. The molecule has 104 valence electrons. The van der Waals surface area contributed by atoms with Crippen molar-refractivity contribution in [3.05, 3.63) is 35.9 Å². The molecule has 0 radical (unpaired) electrons. The molecule has 2 unspecified atom stereocenters. The molecule has 1 aromatic carbocycles. The van der Waals surface area contributed by atoms with E-state index in [0.29, 0.717) is 13.2 Å². The van der Waals surface area contributed by atoms with Crippen molar-refractivity contribution in [2.45, 2.75) is 32.0 Å². The third kappa shape index (κ3) is 4.65. The van der Waals surface area contributed by atoms with Gasteiger partial charge in [0.25, 0.3) is 0 Å². The van der Waals surface area contributed by atoms with E-state index in [2.05, 4.69) is 5.32 Å². The zero-order valence-corrected chi connectivity index (χ0v) is 11.0. The van der Waals surface area contributed by atoms with Gasteiger partial charge in [-0.25, -0.2) is 0 Å². The molecule has 1 aliphatic rings. The number of ether oxygens (including phenoxy) is 1. The Morgan fingerprint density at radius 1 is 1.32 bits per heavy atom. The molecule has 2 N–H and O–H groups in total. The molecule has 1 aliphatic carbocycles. The van der Waals surface area contributed by atoms with Gasteiger partial charge in [0.05, 0.1) is 12.7 Å². The molecule has 1 saturated carbocycles. The van der Waals surface area contributed by atoms with Crippen LogP contribution in [0.5, 0.6) is 0 Å². The number of amides is 1. The summed E-state index contributed by atoms with van der Waals surface area (Å²) in [5.41, 5.74) is 1.06. The lowest BCUT2D eigenvalue weighted by Gasteiger charge is -2.15. The van der Waals surface area contributed by atoms with Gasteiger partial charge in [-0.15, -0.1) is 0 Å². The van der Waals surface area contributed by atoms with Crippen molar-refractivity contribution < 1.29 is 14.6 Å². The Morgan fingerprint density at radius 3 is 2.79 bits per heavy atom. The maximum absolute atomic E-state index is 11.6. The van der Waals surface area contributed by atoms with Crippen LogP contribution in [0.1, 0.15) is 24.8 Å². The van der Waals surface area contributed by atoms with Crippen LogP contribution in [0.2, 0.25) is 0 Å². The monoisotopic (exact) mass is 263 g/mol. The van der Waals surface area contributed by atoms with Gasteiger partial charge < -0.3 is 15.2 Å². The minimum absolute atomic E-state index is 0.0672. The summed E-state index contributed by atoms with van der Waals surface area (Å²) in [5.74, 6) is 0.0908. The molecule has 4 nitrogen and oxygen atoms in total. The molecule has 0 heterocycles. The molecule has 0 spiro atoms. The number of hydrogen-bond donors (Lipinski definition) is 2. The van der Waals surface area contributed by atoms with Crippen molar-refractivity contribution in [3.63, 3.8) is 0 Å². The Balaban J connectivity index is 1.59. The highest BCUT2D eigenvalue weighted by atomic mass is 16.5. The lowest BCUT2D eigenvalue weighted by Crippen LogP contribution is -2.34. The van der Waals surface area contributed by atoms with Gasteiger partial charge >= 0.3 is 0 Å². The van der Waals surface area contributed by atoms with Gasteiger partial charge in [-0.3, -0.25) is 4.79 Å². The van der Waals surface area contributed by atoms with Crippen LogP contribution >= 0.6 is 0 Å². The van der Waals surface area contributed by atoms with Gasteiger partial charge in [0.2, 0.25) is 5.91 Å². The van der Waals surface area contributed by atoms with Crippen molar-refractivity contribution in [2.75, 3.05) is 13.2 Å². The first kappa shape index (κ1) is 14.0. The van der Waals surface area contributed by atoms with E-state index in [-0.39, 0.29) is 24.5 Å². The van der Waals surface area contributed by atoms with Crippen LogP contribution in [0.4, 0.5) is 0 Å². The fraction of sp³-hybridized carbons (Fsp3) is 0.533. The molecule has 0 bridgehead atoms. The maximum atomic E-state index is 11.6. The highest BCUT2D eigenvalue weighted by molar-refractivity contribution is 5.77. The summed E-state index contributed by atoms with van der Waals surface area (Å²) >= 11 is 0. The van der Waals surface area contributed by atoms with Crippen molar-refractivity contribution in [2.24, 2.45) is 5.92 Å². The minimum atomic E-state index is -0.259. The molecular formula is C15H21NO3. The standard InChI is InChI=1S/C15H21NO3/c17-14-8-4-7-13(14)9-16-15(18)11-19-10-12-5-2-1-3-6-12/h1-3,5-6,13-14,17H,4,7-11H2,(H,16,18). The largest absolute Gasteiger partial charge is 0.393 e. The third-order valence-corrected chi connectivity index (χ3v) is 3.53. The molecule has 1 amide bonds. The smallest absolute Gasteiger partial charge is 0.246 e. The molecular weight excluding hydrogens is 242 g/mol. The fourth-order valence-corrected chi connectivity index (χ4v) is 2.39. The van der Waals surface area contributed by atoms with E-state index in [1.54, 1.807) is 0 Å². The number of hydrogen-bond acceptors (Lipinski definition) is 3. The van der Waals surface area contributed by atoms with Crippen molar-refractivity contribution in [1.82, 2.24) is 5.32 Å². The highest BCUT2D eigenvalue weighted by Crippen LogP contribution is 2.24. The predicted molar refractivity (Wildman–Crippen MR) is 72.5 cm³/mol. The molecule has 2 atom stereocenters. The molecule has 2 rings (SSSR count). The minimum Gasteiger partial charge on any atom is -0.393 e. The molecule has 0 aliphatic heterocycles. The molecule has 1 aromatic rings. The van der Waals surface area contributed by atoms with Crippen molar-refractivity contribution in [3.8, 4) is 0 Å². The zero-order chi connectivity index (χ0) is 13.5. The van der Waals surface area contributed by atoms with E-state index >= 15 is 0 Å². The Morgan fingerprint density at radius 2 is 2.11 bits per heavy atom. The Kier molecular flexibility index (Phi) is 5.36. The van der Waals surface area contributed by atoms with E-state index in [0.717, 1.165) is 24.8 Å². The number of carbonyl (C=O) groups is 1. The predicted octanol–water partition coefficient (Wildman–Crippen LogP) is 1.48. The van der Waals surface area contributed by atoms with Crippen LogP contribution in [0.3, 0.4) is 0 Å². The van der Waals surface area contributed by atoms with Crippen LogP contribution in [0.25, 0.3) is 0 Å². The van der Waals surface area contributed by atoms with E-state index < -0.39 is 0 Å². The number of carbonyl (C=O) groups excluding carboxylic acids is 1. The summed E-state index contributed by atoms with van der Waals surface area (Å²) < 4.78 is 5.35. The van der Waals surface area contributed by atoms with Crippen molar-refractivity contribution >= 4 is 5.91 Å². The number of nitrogens with one attached hydrogen (secondary N) is 1. The normalized spacial score (nSPS) is 22.4. The maximum Gasteiger partial charge on any atom is 0.246 e. The van der Waals surface area contributed by atoms with Crippen LogP contribution in [-0.2, 0) is 16.1 Å². The molecule has 1 fully saturated rings. The van der Waals surface area contributed by atoms with E-state index in [9.17, 15) is 9.90 Å². The molecule has 0 saturated heterocycles. The second kappa shape index (κ2) is 7.26. The van der Waals surface area contributed by atoms with Gasteiger partial charge in [0.15, 0.2) is 0 Å². The Hall–Kier alpha value is -1.39. The van der Waals surface area contributed by atoms with Gasteiger partial charge in [0, 0.05) is 12.5 Å². The highest BCUT2D eigenvalue weighted by Gasteiger charge is 2.25. The van der Waals surface area contributed by atoms with Crippen LogP contribution in [-0.4, -0.2) is 30.3 Å². The zero-order valence-electron chi connectivity index (χ0n) is 11.0. The SMILES string of the molecule is O=C(COCc1ccccc1)NCC1CCCC1O. The molecule has 4 heteroatoms. The van der Waals surface area contributed by atoms with Gasteiger partial charge in [-0.05, 0) is 18.4 Å². The van der Waals surface area contributed by atoms with Crippen molar-refractivity contribution in [1.29, 1.82) is 0 Å². The average Bonchev–Trinajstić information content (AvgIpc) is 2.83. The summed E-state index contributed by atoms with van der Waals surface area (Å²) in [4.78, 5) is 11.6. The number of benzene rings is 1. The van der Waals surface area contributed by atoms with E-state index in [4.69, 9.17) is 4.74 Å². The first-order valence-electron chi connectivity index (χ1n) is 6.82. The Labute approximate surface area is 113 Å². The fourth-order valence-electron chi connectivity index (χ4n) is 2.39. The first-order valence-corrected chi connectivity index (χ1v) is 6.82. The lowest BCUT2D eigenvalue weighted by molar-refractivity contribution is -0.126. The molecule has 19 heavy (non-hydrogen) atoms. The molecule has 0 aromatic heterocycles. The topological polar surface area (TPSA) is 58.6 Å². The number of rotatable bonds is 6. The van der Waals surface area contributed by atoms with E-state index in [1.165, 1.54) is 0 Å². The third-order valence-electron chi connectivity index (χ3n) is 3.53. The summed E-state index contributed by atoms with van der Waals surface area (Å²) in [5, 5.41) is 12.5. The summed E-state index contributed by atoms with van der Waals surface area (Å²) in [6.45, 7) is 1.06.